The van der Waals surface area contributed by atoms with Crippen molar-refractivity contribution in [3.05, 3.63) is 39.4 Å². The van der Waals surface area contributed by atoms with Crippen LogP contribution in [-0.2, 0) is 11.3 Å². The molecule has 1 unspecified atom stereocenters. The van der Waals surface area contributed by atoms with Crippen molar-refractivity contribution in [3.8, 4) is 0 Å². The lowest BCUT2D eigenvalue weighted by atomic mass is 10.0. The number of fused-ring (bicyclic) bond motifs is 1. The van der Waals surface area contributed by atoms with Gasteiger partial charge < -0.3 is 15.2 Å². The fourth-order valence-electron chi connectivity index (χ4n) is 3.28. The molecule has 0 spiro atoms. The van der Waals surface area contributed by atoms with Crippen LogP contribution in [0.1, 0.15) is 72.7 Å². The lowest BCUT2D eigenvalue weighted by molar-refractivity contribution is 0.0504. The van der Waals surface area contributed by atoms with Crippen molar-refractivity contribution < 1.29 is 14.6 Å². The van der Waals surface area contributed by atoms with Crippen LogP contribution >= 0.6 is 11.6 Å². The van der Waals surface area contributed by atoms with Crippen LogP contribution in [0.25, 0.3) is 10.9 Å². The molecule has 1 aromatic carbocycles. The summed E-state index contributed by atoms with van der Waals surface area (Å²) in [4.78, 5) is 30.2. The van der Waals surface area contributed by atoms with Gasteiger partial charge >= 0.3 is 6.09 Å². The number of aliphatic hydroxyl groups excluding tert-OH is 1. The third-order valence-corrected chi connectivity index (χ3v) is 5.16. The Morgan fingerprint density at radius 1 is 1.23 bits per heavy atom. The van der Waals surface area contributed by atoms with Crippen LogP contribution < -0.4 is 10.9 Å². The van der Waals surface area contributed by atoms with Gasteiger partial charge in [-0.05, 0) is 65.0 Å². The van der Waals surface area contributed by atoms with Crippen molar-refractivity contribution in [2.75, 3.05) is 0 Å². The third-order valence-electron chi connectivity index (χ3n) is 4.85. The highest BCUT2D eigenvalue weighted by atomic mass is 35.5. The number of amides is 1. The van der Waals surface area contributed by atoms with Gasteiger partial charge in [0.05, 0.1) is 28.1 Å². The highest BCUT2D eigenvalue weighted by Gasteiger charge is 2.23. The van der Waals surface area contributed by atoms with Gasteiger partial charge in [-0.25, -0.2) is 9.78 Å². The molecule has 2 atom stereocenters. The zero-order chi connectivity index (χ0) is 23.3. The van der Waals surface area contributed by atoms with Crippen LogP contribution in [0.15, 0.2) is 23.0 Å². The molecule has 0 aliphatic heterocycles. The van der Waals surface area contributed by atoms with Gasteiger partial charge in [0.2, 0.25) is 0 Å². The number of nitrogens with zero attached hydrogens (tertiary/aromatic N) is 2. The number of aliphatic hydroxyl groups is 1. The maximum absolute atomic E-state index is 13.3. The number of benzene rings is 1. The van der Waals surface area contributed by atoms with E-state index in [2.05, 4.69) is 24.1 Å². The van der Waals surface area contributed by atoms with E-state index in [9.17, 15) is 14.7 Å². The summed E-state index contributed by atoms with van der Waals surface area (Å²) in [5.41, 5.74) is -0.477. The summed E-state index contributed by atoms with van der Waals surface area (Å²) in [6.45, 7) is 11.6. The molecule has 2 rings (SSSR count). The average molecular weight is 452 g/mol. The lowest BCUT2D eigenvalue weighted by Gasteiger charge is -2.24. The van der Waals surface area contributed by atoms with Crippen LogP contribution in [0.4, 0.5) is 4.79 Å². The van der Waals surface area contributed by atoms with E-state index in [-0.39, 0.29) is 12.1 Å². The van der Waals surface area contributed by atoms with Gasteiger partial charge in [-0.1, -0.05) is 31.5 Å². The molecular weight excluding hydrogens is 418 g/mol. The molecule has 0 aliphatic rings. The Bertz CT molecular complexity index is 966. The van der Waals surface area contributed by atoms with E-state index in [1.54, 1.807) is 45.9 Å². The summed E-state index contributed by atoms with van der Waals surface area (Å²) < 4.78 is 6.83. The summed E-state index contributed by atoms with van der Waals surface area (Å²) >= 11 is 6.28. The number of halogens is 1. The summed E-state index contributed by atoms with van der Waals surface area (Å²) in [5.74, 6) is 0.883. The quantitative estimate of drug-likeness (QED) is 0.599. The van der Waals surface area contributed by atoms with Crippen molar-refractivity contribution in [1.82, 2.24) is 14.9 Å². The number of nitrogens with one attached hydrogen (secondary N) is 1. The second kappa shape index (κ2) is 10.5. The number of rotatable bonds is 8. The zero-order valence-corrected chi connectivity index (χ0v) is 20.0. The molecule has 172 valence electrons. The van der Waals surface area contributed by atoms with E-state index >= 15 is 0 Å². The molecule has 0 fully saturated rings. The first-order valence-corrected chi connectivity index (χ1v) is 11.1. The van der Waals surface area contributed by atoms with Crippen molar-refractivity contribution in [2.24, 2.45) is 5.92 Å². The highest BCUT2D eigenvalue weighted by Crippen LogP contribution is 2.22. The number of carbonyl (C=O) groups excluding carboxylic acids is 1. The maximum Gasteiger partial charge on any atom is 0.408 e. The molecule has 2 aromatic rings. The first-order valence-electron chi connectivity index (χ1n) is 10.8. The minimum absolute atomic E-state index is 0.266. The van der Waals surface area contributed by atoms with E-state index in [0.717, 1.165) is 6.42 Å². The molecule has 2 N–H and O–H groups in total. The van der Waals surface area contributed by atoms with Crippen LogP contribution in [0.5, 0.6) is 0 Å². The third kappa shape index (κ3) is 7.21. The van der Waals surface area contributed by atoms with Gasteiger partial charge in [-0.3, -0.25) is 9.36 Å². The molecule has 1 amide bonds. The second-order valence-electron chi connectivity index (χ2n) is 9.34. The largest absolute Gasteiger partial charge is 0.444 e. The molecular formula is C23H34ClN3O4. The molecule has 7 nitrogen and oxygen atoms in total. The minimum atomic E-state index is -0.645. The Balaban J connectivity index is 2.37. The van der Waals surface area contributed by atoms with E-state index in [4.69, 9.17) is 16.3 Å². The molecule has 1 aromatic heterocycles. The van der Waals surface area contributed by atoms with Crippen molar-refractivity contribution >= 4 is 28.6 Å². The Kier molecular flexibility index (Phi) is 8.49. The van der Waals surface area contributed by atoms with Gasteiger partial charge in [-0.15, -0.1) is 0 Å². The van der Waals surface area contributed by atoms with Gasteiger partial charge in [0.15, 0.2) is 0 Å². The van der Waals surface area contributed by atoms with Crippen LogP contribution in [-0.4, -0.2) is 32.5 Å². The van der Waals surface area contributed by atoms with Crippen molar-refractivity contribution in [3.63, 3.8) is 0 Å². The molecule has 0 aliphatic carbocycles. The molecule has 0 saturated heterocycles. The number of hydrogen-bond donors (Lipinski definition) is 2. The standard InChI is InChI=1S/C23H34ClN3O4/c1-14(2)10-11-16(28)12-13-27-20(15(3)25-22(30)31-23(4,5)6)26-18-9-7-8-17(24)19(18)21(27)29/h7-9,14-16,28H,10-13H2,1-6H3,(H,25,30)/t15-,16?/m0/s1. The number of alkyl carbamates (subject to hydrolysis) is 1. The fraction of sp³-hybridized carbons (Fsp3) is 0.609. The van der Waals surface area contributed by atoms with Crippen molar-refractivity contribution in [2.45, 2.75) is 85.1 Å². The fourth-order valence-corrected chi connectivity index (χ4v) is 3.53. The zero-order valence-electron chi connectivity index (χ0n) is 19.2. The van der Waals surface area contributed by atoms with Gasteiger partial charge in [-0.2, -0.15) is 0 Å². The first kappa shape index (κ1) is 25.1. The smallest absolute Gasteiger partial charge is 0.408 e. The number of ether oxygens (including phenoxy) is 1. The average Bonchev–Trinajstić information content (AvgIpc) is 2.63. The Morgan fingerprint density at radius 2 is 1.90 bits per heavy atom. The molecule has 1 heterocycles. The van der Waals surface area contributed by atoms with E-state index < -0.39 is 23.8 Å². The normalized spacial score (nSPS) is 14.0. The molecule has 8 heteroatoms. The van der Waals surface area contributed by atoms with Crippen molar-refractivity contribution in [1.29, 1.82) is 0 Å². The summed E-state index contributed by atoms with van der Waals surface area (Å²) in [5, 5.41) is 13.8. The topological polar surface area (TPSA) is 93.4 Å². The van der Waals surface area contributed by atoms with Gasteiger partial charge in [0, 0.05) is 6.54 Å². The Labute approximate surface area is 188 Å². The lowest BCUT2D eigenvalue weighted by Crippen LogP contribution is -2.37. The molecule has 0 bridgehead atoms. The summed E-state index contributed by atoms with van der Waals surface area (Å²) in [6.07, 6.45) is 0.842. The highest BCUT2D eigenvalue weighted by molar-refractivity contribution is 6.35. The molecule has 0 saturated carbocycles. The van der Waals surface area contributed by atoms with Crippen LogP contribution in [0.2, 0.25) is 5.02 Å². The van der Waals surface area contributed by atoms with Gasteiger partial charge in [0.25, 0.3) is 5.56 Å². The summed E-state index contributed by atoms with van der Waals surface area (Å²) in [7, 11) is 0. The predicted octanol–water partition coefficient (Wildman–Crippen LogP) is 4.82. The maximum atomic E-state index is 13.3. The SMILES string of the molecule is CC(C)CCC(O)CCn1c([C@H](C)NC(=O)OC(C)(C)C)nc2cccc(Cl)c2c1=O. The molecule has 0 radical (unpaired) electrons. The Morgan fingerprint density at radius 3 is 2.52 bits per heavy atom. The molecule has 31 heavy (non-hydrogen) atoms. The van der Waals surface area contributed by atoms with Crippen LogP contribution in [0.3, 0.4) is 0 Å². The second-order valence-corrected chi connectivity index (χ2v) is 9.75. The predicted molar refractivity (Wildman–Crippen MR) is 123 cm³/mol. The van der Waals surface area contributed by atoms with Crippen LogP contribution in [0, 0.1) is 5.92 Å². The van der Waals surface area contributed by atoms with E-state index in [0.29, 0.717) is 40.5 Å². The number of carbonyl (C=O) groups is 1. The summed E-state index contributed by atoms with van der Waals surface area (Å²) in [6, 6.07) is 4.51. The Hall–Kier alpha value is -2.12. The van der Waals surface area contributed by atoms with E-state index in [1.165, 1.54) is 4.57 Å². The first-order chi connectivity index (χ1) is 14.4. The number of hydrogen-bond acceptors (Lipinski definition) is 5. The number of aromatic nitrogens is 2. The monoisotopic (exact) mass is 451 g/mol. The minimum Gasteiger partial charge on any atom is -0.444 e. The van der Waals surface area contributed by atoms with Gasteiger partial charge in [0.1, 0.15) is 11.4 Å². The van der Waals surface area contributed by atoms with E-state index in [1.807, 2.05) is 0 Å².